The Morgan fingerprint density at radius 1 is 1.39 bits per heavy atom. The summed E-state index contributed by atoms with van der Waals surface area (Å²) in [6.07, 6.45) is 1.40. The highest BCUT2D eigenvalue weighted by molar-refractivity contribution is 6.31. The van der Waals surface area contributed by atoms with Gasteiger partial charge in [0, 0.05) is 18.7 Å². The van der Waals surface area contributed by atoms with Crippen molar-refractivity contribution in [3.63, 3.8) is 0 Å². The largest absolute Gasteiger partial charge is 0.362 e. The number of urea groups is 1. The third-order valence-corrected chi connectivity index (χ3v) is 5.45. The monoisotopic (exact) mass is 413 g/mol. The number of halogens is 4. The lowest BCUT2D eigenvalue weighted by atomic mass is 10.2. The lowest BCUT2D eigenvalue weighted by molar-refractivity contribution is 0.0257. The second-order valence-electron chi connectivity index (χ2n) is 7.22. The van der Waals surface area contributed by atoms with Crippen molar-refractivity contribution in [2.24, 2.45) is 0 Å². The van der Waals surface area contributed by atoms with Crippen molar-refractivity contribution in [3.05, 3.63) is 40.9 Å². The molecule has 0 saturated carbocycles. The van der Waals surface area contributed by atoms with E-state index < -0.39 is 11.7 Å². The molecule has 1 fully saturated rings. The molecule has 4 rings (SSSR count). The molecule has 1 aromatic carbocycles. The van der Waals surface area contributed by atoms with Crippen LogP contribution in [-0.2, 0) is 13.1 Å². The first-order valence-corrected chi connectivity index (χ1v) is 9.31. The number of aromatic nitrogens is 2. The molecule has 1 aromatic heterocycles. The normalized spacial score (nSPS) is 21.0. The average molecular weight is 414 g/mol. The standard InChI is InChI=1S/C18H19ClF3N5O/c1-11-8-27-16(15(7-23-27)25-5-4-18(21,22)10-25)9-26(11)17(28)24-12-2-3-14(20)13(19)6-12/h2-3,6-7,11H,4-5,8-10H2,1H3,(H,24,28)/t11-/m0/s1. The molecule has 6 nitrogen and oxygen atoms in total. The van der Waals surface area contributed by atoms with Gasteiger partial charge < -0.3 is 15.1 Å². The number of benzene rings is 1. The third-order valence-electron chi connectivity index (χ3n) is 5.16. The zero-order valence-electron chi connectivity index (χ0n) is 15.1. The minimum absolute atomic E-state index is 0.0835. The van der Waals surface area contributed by atoms with Gasteiger partial charge in [0.1, 0.15) is 5.82 Å². The number of alkyl halides is 2. The molecule has 0 aliphatic carbocycles. The zero-order chi connectivity index (χ0) is 20.1. The highest BCUT2D eigenvalue weighted by Crippen LogP contribution is 2.34. The molecule has 2 aliphatic rings. The molecule has 10 heteroatoms. The predicted octanol–water partition coefficient (Wildman–Crippen LogP) is 3.96. The van der Waals surface area contributed by atoms with E-state index in [0.717, 1.165) is 5.69 Å². The van der Waals surface area contributed by atoms with Crippen molar-refractivity contribution in [1.29, 1.82) is 0 Å². The van der Waals surface area contributed by atoms with Gasteiger partial charge in [-0.15, -0.1) is 0 Å². The minimum Gasteiger partial charge on any atom is -0.362 e. The first-order valence-electron chi connectivity index (χ1n) is 8.94. The van der Waals surface area contributed by atoms with Crippen molar-refractivity contribution < 1.29 is 18.0 Å². The van der Waals surface area contributed by atoms with E-state index in [0.29, 0.717) is 17.9 Å². The van der Waals surface area contributed by atoms with Crippen LogP contribution in [-0.4, -0.2) is 45.8 Å². The van der Waals surface area contributed by atoms with E-state index in [1.807, 2.05) is 6.92 Å². The first-order chi connectivity index (χ1) is 13.2. The number of amides is 2. The van der Waals surface area contributed by atoms with Gasteiger partial charge in [0.05, 0.1) is 48.3 Å². The summed E-state index contributed by atoms with van der Waals surface area (Å²) in [5.74, 6) is -3.28. The first kappa shape index (κ1) is 18.9. The maximum atomic E-state index is 13.6. The van der Waals surface area contributed by atoms with Crippen LogP contribution < -0.4 is 10.2 Å². The van der Waals surface area contributed by atoms with E-state index in [1.165, 1.54) is 18.2 Å². The lowest BCUT2D eigenvalue weighted by Crippen LogP contribution is -2.47. The minimum atomic E-state index is -2.71. The van der Waals surface area contributed by atoms with Crippen molar-refractivity contribution in [1.82, 2.24) is 14.7 Å². The summed E-state index contributed by atoms with van der Waals surface area (Å²) in [4.78, 5) is 16.0. The van der Waals surface area contributed by atoms with Crippen molar-refractivity contribution in [2.75, 3.05) is 23.3 Å². The predicted molar refractivity (Wildman–Crippen MR) is 99.4 cm³/mol. The Bertz CT molecular complexity index is 919. The van der Waals surface area contributed by atoms with Crippen LogP contribution in [0.3, 0.4) is 0 Å². The SMILES string of the molecule is C[C@H]1Cn2ncc(N3CCC(F)(F)C3)c2CN1C(=O)Nc1ccc(F)c(Cl)c1. The van der Waals surface area contributed by atoms with Crippen LogP contribution in [0.1, 0.15) is 19.0 Å². The second-order valence-corrected chi connectivity index (χ2v) is 7.63. The smallest absolute Gasteiger partial charge is 0.322 e. The van der Waals surface area contributed by atoms with Crippen molar-refractivity contribution >= 4 is 29.0 Å². The maximum Gasteiger partial charge on any atom is 0.322 e. The van der Waals surface area contributed by atoms with Gasteiger partial charge in [-0.3, -0.25) is 4.68 Å². The van der Waals surface area contributed by atoms with Crippen molar-refractivity contribution in [2.45, 2.75) is 38.4 Å². The van der Waals surface area contributed by atoms with Gasteiger partial charge in [0.2, 0.25) is 0 Å². The number of carbonyl (C=O) groups excluding carboxylic acids is 1. The van der Waals surface area contributed by atoms with Gasteiger partial charge in [-0.05, 0) is 25.1 Å². The molecule has 0 spiro atoms. The van der Waals surface area contributed by atoms with E-state index in [1.54, 1.807) is 20.7 Å². The summed E-state index contributed by atoms with van der Waals surface area (Å²) in [6.45, 7) is 2.48. The number of nitrogens with one attached hydrogen (secondary N) is 1. The molecular weight excluding hydrogens is 395 g/mol. The summed E-state index contributed by atoms with van der Waals surface area (Å²) in [5.41, 5.74) is 1.73. The number of hydrogen-bond donors (Lipinski definition) is 1. The topological polar surface area (TPSA) is 53.4 Å². The van der Waals surface area contributed by atoms with Gasteiger partial charge in [-0.25, -0.2) is 18.0 Å². The highest BCUT2D eigenvalue weighted by Gasteiger charge is 2.40. The van der Waals surface area contributed by atoms with Crippen LogP contribution in [0.4, 0.5) is 29.3 Å². The number of carbonyl (C=O) groups is 1. The fourth-order valence-corrected chi connectivity index (χ4v) is 3.81. The number of fused-ring (bicyclic) bond motifs is 1. The number of anilines is 2. The fourth-order valence-electron chi connectivity index (χ4n) is 3.63. The third kappa shape index (κ3) is 3.50. The molecule has 150 valence electrons. The lowest BCUT2D eigenvalue weighted by Gasteiger charge is -2.35. The number of hydrogen-bond acceptors (Lipinski definition) is 3. The Hall–Kier alpha value is -2.42. The Morgan fingerprint density at radius 2 is 2.18 bits per heavy atom. The van der Waals surface area contributed by atoms with Gasteiger partial charge in [0.25, 0.3) is 5.92 Å². The van der Waals surface area contributed by atoms with E-state index in [-0.39, 0.29) is 43.2 Å². The molecule has 1 atom stereocenters. The molecular formula is C18H19ClF3N5O. The maximum absolute atomic E-state index is 13.6. The summed E-state index contributed by atoms with van der Waals surface area (Å²) in [5, 5.41) is 6.94. The molecule has 0 unspecified atom stereocenters. The van der Waals surface area contributed by atoms with Crippen LogP contribution >= 0.6 is 11.6 Å². The molecule has 3 heterocycles. The van der Waals surface area contributed by atoms with Crippen molar-refractivity contribution in [3.8, 4) is 0 Å². The second kappa shape index (κ2) is 6.88. The Balaban J connectivity index is 1.53. The van der Waals surface area contributed by atoms with E-state index in [9.17, 15) is 18.0 Å². The van der Waals surface area contributed by atoms with Crippen LogP contribution in [0.25, 0.3) is 0 Å². The fraction of sp³-hybridized carbons (Fsp3) is 0.444. The van der Waals surface area contributed by atoms with Crippen LogP contribution in [0.5, 0.6) is 0 Å². The summed E-state index contributed by atoms with van der Waals surface area (Å²) < 4.78 is 42.3. The number of nitrogens with zero attached hydrogens (tertiary/aromatic N) is 4. The van der Waals surface area contributed by atoms with Gasteiger partial charge in [0.15, 0.2) is 0 Å². The van der Waals surface area contributed by atoms with Crippen LogP contribution in [0.15, 0.2) is 24.4 Å². The quantitative estimate of drug-likeness (QED) is 0.811. The molecule has 1 N–H and O–H groups in total. The molecule has 2 aromatic rings. The highest BCUT2D eigenvalue weighted by atomic mass is 35.5. The van der Waals surface area contributed by atoms with Gasteiger partial charge in [-0.2, -0.15) is 5.10 Å². The van der Waals surface area contributed by atoms with E-state index in [2.05, 4.69) is 10.4 Å². The Kier molecular flexibility index (Phi) is 4.65. The molecule has 2 aliphatic heterocycles. The zero-order valence-corrected chi connectivity index (χ0v) is 15.9. The van der Waals surface area contributed by atoms with E-state index >= 15 is 0 Å². The summed E-state index contributed by atoms with van der Waals surface area (Å²) in [7, 11) is 0. The molecule has 28 heavy (non-hydrogen) atoms. The summed E-state index contributed by atoms with van der Waals surface area (Å²) in [6, 6.07) is 3.41. The number of rotatable bonds is 2. The molecule has 1 saturated heterocycles. The molecule has 0 bridgehead atoms. The average Bonchev–Trinajstić information content (AvgIpc) is 3.19. The van der Waals surface area contributed by atoms with E-state index in [4.69, 9.17) is 11.6 Å². The van der Waals surface area contributed by atoms with Gasteiger partial charge in [-0.1, -0.05) is 11.6 Å². The Labute approximate surface area is 164 Å². The van der Waals surface area contributed by atoms with Crippen LogP contribution in [0.2, 0.25) is 5.02 Å². The summed E-state index contributed by atoms with van der Waals surface area (Å²) >= 11 is 5.76. The van der Waals surface area contributed by atoms with Crippen LogP contribution in [0, 0.1) is 5.82 Å². The molecule has 2 amide bonds. The van der Waals surface area contributed by atoms with Gasteiger partial charge >= 0.3 is 6.03 Å². The Morgan fingerprint density at radius 3 is 2.86 bits per heavy atom. The molecule has 0 radical (unpaired) electrons.